The average Bonchev–Trinajstić information content (AvgIpc) is 3.25. The van der Waals surface area contributed by atoms with Crippen LogP contribution >= 0.6 is 11.6 Å². The maximum Gasteiger partial charge on any atom is 0.326 e. The number of ether oxygens (including phenoxy) is 1. The number of hydrogen-bond donors (Lipinski definition) is 2. The molecule has 0 aliphatic rings. The Hall–Kier alpha value is -4.10. The summed E-state index contributed by atoms with van der Waals surface area (Å²) in [7, 11) is 0. The molecule has 0 saturated heterocycles. The number of aromatic nitrogens is 1. The van der Waals surface area contributed by atoms with Crippen molar-refractivity contribution in [2.24, 2.45) is 0 Å². The van der Waals surface area contributed by atoms with Crippen LogP contribution in [0.25, 0.3) is 11.5 Å². The van der Waals surface area contributed by atoms with Gasteiger partial charge >= 0.3 is 5.97 Å². The number of carbonyl (C=O) groups excluding carboxylic acids is 1. The van der Waals surface area contributed by atoms with E-state index in [0.717, 1.165) is 22.6 Å². The van der Waals surface area contributed by atoms with Crippen molar-refractivity contribution >= 4 is 23.5 Å². The summed E-state index contributed by atoms with van der Waals surface area (Å²) in [6, 6.07) is 22.0. The number of aliphatic carboxylic acids is 1. The van der Waals surface area contributed by atoms with Crippen LogP contribution in [0, 0.1) is 6.92 Å². The molecule has 7 nitrogen and oxygen atoms in total. The van der Waals surface area contributed by atoms with E-state index in [1.54, 1.807) is 48.5 Å². The topological polar surface area (TPSA) is 102 Å². The fraction of sp³-hybridized carbons (Fsp3) is 0.179. The predicted molar refractivity (Wildman–Crippen MR) is 136 cm³/mol. The SMILES string of the molecule is Cc1oc(-c2ccccc2)nc1CCOc1ccc(C[C@H](NC(=O)c2ccc(Cl)cc2)C(=O)O)cc1. The molecule has 1 atom stereocenters. The summed E-state index contributed by atoms with van der Waals surface area (Å²) < 4.78 is 11.6. The normalized spacial score (nSPS) is 11.6. The monoisotopic (exact) mass is 504 g/mol. The maximum atomic E-state index is 12.4. The number of halogens is 1. The molecule has 1 aromatic heterocycles. The number of amides is 1. The number of nitrogens with zero attached hydrogens (tertiary/aromatic N) is 1. The molecule has 0 aliphatic heterocycles. The van der Waals surface area contributed by atoms with Crippen LogP contribution in [0.15, 0.2) is 83.3 Å². The second-order valence-corrected chi connectivity index (χ2v) is 8.64. The van der Waals surface area contributed by atoms with Crippen LogP contribution in [0.3, 0.4) is 0 Å². The van der Waals surface area contributed by atoms with Gasteiger partial charge in [0.15, 0.2) is 0 Å². The standard InChI is InChI=1S/C28H25ClN2O5/c1-18-24(31-27(36-18)21-5-3-2-4-6-21)15-16-35-23-13-7-19(8-14-23)17-25(28(33)34)30-26(32)20-9-11-22(29)12-10-20/h2-14,25H,15-17H2,1H3,(H,30,32)(H,33,34)/t25-/m0/s1. The van der Waals surface area contributed by atoms with Gasteiger partial charge in [-0.1, -0.05) is 41.9 Å². The minimum absolute atomic E-state index is 0.134. The van der Waals surface area contributed by atoms with Gasteiger partial charge in [0, 0.05) is 29.0 Å². The van der Waals surface area contributed by atoms with Crippen LogP contribution in [0.5, 0.6) is 5.75 Å². The summed E-state index contributed by atoms with van der Waals surface area (Å²) in [6.45, 7) is 2.30. The highest BCUT2D eigenvalue weighted by molar-refractivity contribution is 6.30. The summed E-state index contributed by atoms with van der Waals surface area (Å²) in [6.07, 6.45) is 0.719. The highest BCUT2D eigenvalue weighted by Gasteiger charge is 2.21. The van der Waals surface area contributed by atoms with Gasteiger partial charge in [-0.25, -0.2) is 9.78 Å². The Morgan fingerprint density at radius 1 is 1.03 bits per heavy atom. The van der Waals surface area contributed by atoms with Crippen molar-refractivity contribution in [2.75, 3.05) is 6.61 Å². The lowest BCUT2D eigenvalue weighted by atomic mass is 10.1. The van der Waals surface area contributed by atoms with Gasteiger partial charge in [-0.3, -0.25) is 4.79 Å². The molecule has 4 rings (SSSR count). The molecule has 0 spiro atoms. The number of benzene rings is 3. The number of carbonyl (C=O) groups is 2. The van der Waals surface area contributed by atoms with Gasteiger partial charge < -0.3 is 19.6 Å². The molecule has 8 heteroatoms. The number of rotatable bonds is 10. The minimum atomic E-state index is -1.12. The lowest BCUT2D eigenvalue weighted by molar-refractivity contribution is -0.139. The number of oxazole rings is 1. The Balaban J connectivity index is 1.30. The Morgan fingerprint density at radius 2 is 1.72 bits per heavy atom. The molecular formula is C28H25ClN2O5. The first kappa shape index (κ1) is 25.0. The van der Waals surface area contributed by atoms with Crippen molar-refractivity contribution in [1.82, 2.24) is 10.3 Å². The predicted octanol–water partition coefficient (Wildman–Crippen LogP) is 5.35. The second-order valence-electron chi connectivity index (χ2n) is 8.21. The Bertz CT molecular complexity index is 1320. The Labute approximate surface area is 213 Å². The second kappa shape index (κ2) is 11.6. The van der Waals surface area contributed by atoms with Crippen molar-refractivity contribution < 1.29 is 23.8 Å². The first-order valence-corrected chi connectivity index (χ1v) is 11.8. The van der Waals surface area contributed by atoms with Crippen LogP contribution in [0.1, 0.15) is 27.4 Å². The van der Waals surface area contributed by atoms with Crippen molar-refractivity contribution in [2.45, 2.75) is 25.8 Å². The molecule has 1 amide bonds. The van der Waals surface area contributed by atoms with E-state index < -0.39 is 17.9 Å². The van der Waals surface area contributed by atoms with Crippen molar-refractivity contribution in [3.05, 3.63) is 106 Å². The highest BCUT2D eigenvalue weighted by Crippen LogP contribution is 2.22. The van der Waals surface area contributed by atoms with E-state index in [-0.39, 0.29) is 6.42 Å². The molecule has 0 fully saturated rings. The quantitative estimate of drug-likeness (QED) is 0.302. The van der Waals surface area contributed by atoms with Crippen LogP contribution < -0.4 is 10.1 Å². The molecule has 2 N–H and O–H groups in total. The number of carboxylic acids is 1. The number of aryl methyl sites for hydroxylation is 1. The smallest absolute Gasteiger partial charge is 0.326 e. The molecule has 3 aromatic carbocycles. The molecule has 0 saturated carbocycles. The minimum Gasteiger partial charge on any atom is -0.493 e. The summed E-state index contributed by atoms with van der Waals surface area (Å²) in [5.74, 6) is 0.407. The molecule has 0 bridgehead atoms. The molecule has 0 unspecified atom stereocenters. The van der Waals surface area contributed by atoms with Gasteiger partial charge in [0.1, 0.15) is 17.6 Å². The van der Waals surface area contributed by atoms with E-state index >= 15 is 0 Å². The summed E-state index contributed by atoms with van der Waals surface area (Å²) in [5.41, 5.74) is 2.86. The first-order chi connectivity index (χ1) is 17.4. The third-order valence-electron chi connectivity index (χ3n) is 5.59. The largest absolute Gasteiger partial charge is 0.493 e. The third kappa shape index (κ3) is 6.52. The molecule has 0 aliphatic carbocycles. The number of nitrogens with one attached hydrogen (secondary N) is 1. The summed E-state index contributed by atoms with van der Waals surface area (Å²) in [4.78, 5) is 28.7. The fourth-order valence-electron chi connectivity index (χ4n) is 3.63. The van der Waals surface area contributed by atoms with E-state index in [9.17, 15) is 14.7 Å². The van der Waals surface area contributed by atoms with Gasteiger partial charge in [0.05, 0.1) is 12.3 Å². The zero-order valence-electron chi connectivity index (χ0n) is 19.6. The molecule has 4 aromatic rings. The molecule has 1 heterocycles. The van der Waals surface area contributed by atoms with E-state index in [1.165, 1.54) is 0 Å². The van der Waals surface area contributed by atoms with Crippen molar-refractivity contribution in [1.29, 1.82) is 0 Å². The zero-order valence-corrected chi connectivity index (χ0v) is 20.4. The Morgan fingerprint density at radius 3 is 2.39 bits per heavy atom. The molecule has 184 valence electrons. The van der Waals surface area contributed by atoms with E-state index in [4.69, 9.17) is 20.8 Å². The van der Waals surface area contributed by atoms with Crippen LogP contribution in [-0.4, -0.2) is 34.6 Å². The lowest BCUT2D eigenvalue weighted by Crippen LogP contribution is -2.42. The molecule has 36 heavy (non-hydrogen) atoms. The van der Waals surface area contributed by atoms with Gasteiger partial charge in [0.25, 0.3) is 5.91 Å². The van der Waals surface area contributed by atoms with E-state index in [1.807, 2.05) is 37.3 Å². The van der Waals surface area contributed by atoms with E-state index in [2.05, 4.69) is 10.3 Å². The fourth-order valence-corrected chi connectivity index (χ4v) is 3.76. The van der Waals surface area contributed by atoms with Crippen LogP contribution in [-0.2, 0) is 17.6 Å². The van der Waals surface area contributed by atoms with Crippen molar-refractivity contribution in [3.63, 3.8) is 0 Å². The van der Waals surface area contributed by atoms with Crippen LogP contribution in [0.4, 0.5) is 0 Å². The highest BCUT2D eigenvalue weighted by atomic mass is 35.5. The van der Waals surface area contributed by atoms with Crippen LogP contribution in [0.2, 0.25) is 5.02 Å². The summed E-state index contributed by atoms with van der Waals surface area (Å²) >= 11 is 5.84. The van der Waals surface area contributed by atoms with E-state index in [0.29, 0.717) is 35.3 Å². The van der Waals surface area contributed by atoms with Gasteiger partial charge in [-0.2, -0.15) is 0 Å². The molecule has 0 radical (unpaired) electrons. The van der Waals surface area contributed by atoms with Gasteiger partial charge in [0.2, 0.25) is 5.89 Å². The van der Waals surface area contributed by atoms with Gasteiger partial charge in [-0.05, 0) is 61.0 Å². The first-order valence-electron chi connectivity index (χ1n) is 11.4. The number of hydrogen-bond acceptors (Lipinski definition) is 5. The lowest BCUT2D eigenvalue weighted by Gasteiger charge is -2.15. The maximum absolute atomic E-state index is 12.4. The van der Waals surface area contributed by atoms with Crippen molar-refractivity contribution in [3.8, 4) is 17.2 Å². The molecular weight excluding hydrogens is 480 g/mol. The average molecular weight is 505 g/mol. The third-order valence-corrected chi connectivity index (χ3v) is 5.85. The number of carboxylic acid groups (broad SMARTS) is 1. The van der Waals surface area contributed by atoms with Gasteiger partial charge in [-0.15, -0.1) is 0 Å². The Kier molecular flexibility index (Phi) is 8.02. The zero-order chi connectivity index (χ0) is 25.5. The summed E-state index contributed by atoms with van der Waals surface area (Å²) in [5, 5.41) is 12.6.